The maximum atomic E-state index is 11.2. The fraction of sp³-hybridized carbons (Fsp3) is 0.909. The van der Waals surface area contributed by atoms with Gasteiger partial charge in [-0.25, -0.2) is 0 Å². The van der Waals surface area contributed by atoms with Gasteiger partial charge in [0, 0.05) is 6.61 Å². The Labute approximate surface area is 90.2 Å². The highest BCUT2D eigenvalue weighted by atomic mass is 16.5. The second kappa shape index (κ2) is 5.47. The monoisotopic (exact) mass is 216 g/mol. The topological polar surface area (TPSA) is 66.8 Å². The number of hydrogen-bond acceptors (Lipinski definition) is 3. The first-order valence-corrected chi connectivity index (χ1v) is 5.53. The molecule has 0 saturated heterocycles. The molecule has 1 rings (SSSR count). The SMILES string of the molecule is CC1CCC(CCOCCO)(C(=O)O)C1. The zero-order valence-electron chi connectivity index (χ0n) is 9.24. The van der Waals surface area contributed by atoms with Gasteiger partial charge in [-0.05, 0) is 31.6 Å². The average Bonchev–Trinajstić information content (AvgIpc) is 2.56. The van der Waals surface area contributed by atoms with Crippen LogP contribution in [-0.2, 0) is 9.53 Å². The third-order valence-electron chi connectivity index (χ3n) is 3.27. The molecule has 0 radical (unpaired) electrons. The number of rotatable bonds is 6. The summed E-state index contributed by atoms with van der Waals surface area (Å²) in [5.41, 5.74) is -0.575. The first kappa shape index (κ1) is 12.5. The lowest BCUT2D eigenvalue weighted by Gasteiger charge is -2.23. The standard InChI is InChI=1S/C11H20O4/c1-9-2-3-11(8-9,10(13)14)4-6-15-7-5-12/h9,12H,2-8H2,1H3,(H,13,14). The van der Waals surface area contributed by atoms with Gasteiger partial charge in [0.2, 0.25) is 0 Å². The van der Waals surface area contributed by atoms with Gasteiger partial charge in [0.25, 0.3) is 0 Å². The van der Waals surface area contributed by atoms with E-state index < -0.39 is 11.4 Å². The molecule has 15 heavy (non-hydrogen) atoms. The van der Waals surface area contributed by atoms with Gasteiger partial charge in [0.05, 0.1) is 18.6 Å². The molecule has 0 spiro atoms. The summed E-state index contributed by atoms with van der Waals surface area (Å²) in [6.07, 6.45) is 3.07. The lowest BCUT2D eigenvalue weighted by atomic mass is 9.82. The van der Waals surface area contributed by atoms with Crippen LogP contribution in [0, 0.1) is 11.3 Å². The van der Waals surface area contributed by atoms with Crippen molar-refractivity contribution in [3.8, 4) is 0 Å². The minimum atomic E-state index is -0.695. The van der Waals surface area contributed by atoms with Crippen LogP contribution in [0.25, 0.3) is 0 Å². The average molecular weight is 216 g/mol. The third kappa shape index (κ3) is 3.18. The molecule has 2 unspecified atom stereocenters. The second-order valence-corrected chi connectivity index (χ2v) is 4.52. The summed E-state index contributed by atoms with van der Waals surface area (Å²) in [5.74, 6) is -0.196. The zero-order valence-corrected chi connectivity index (χ0v) is 9.24. The Morgan fingerprint density at radius 3 is 2.73 bits per heavy atom. The number of carboxylic acid groups (broad SMARTS) is 1. The molecule has 1 saturated carbocycles. The van der Waals surface area contributed by atoms with Crippen molar-refractivity contribution in [3.63, 3.8) is 0 Å². The molecule has 1 aliphatic rings. The molecular weight excluding hydrogens is 196 g/mol. The van der Waals surface area contributed by atoms with Gasteiger partial charge in [0.1, 0.15) is 0 Å². The van der Waals surface area contributed by atoms with E-state index in [1.165, 1.54) is 0 Å². The summed E-state index contributed by atoms with van der Waals surface area (Å²) in [6.45, 7) is 2.82. The third-order valence-corrected chi connectivity index (χ3v) is 3.27. The number of ether oxygens (including phenoxy) is 1. The van der Waals surface area contributed by atoms with E-state index in [9.17, 15) is 9.90 Å². The van der Waals surface area contributed by atoms with Crippen molar-refractivity contribution in [1.82, 2.24) is 0 Å². The number of aliphatic hydroxyl groups is 1. The molecule has 0 aliphatic heterocycles. The Morgan fingerprint density at radius 2 is 2.27 bits per heavy atom. The van der Waals surface area contributed by atoms with Crippen molar-refractivity contribution in [1.29, 1.82) is 0 Å². The molecule has 2 atom stereocenters. The molecule has 0 heterocycles. The van der Waals surface area contributed by atoms with Crippen molar-refractivity contribution >= 4 is 5.97 Å². The maximum Gasteiger partial charge on any atom is 0.309 e. The van der Waals surface area contributed by atoms with Gasteiger partial charge in [0.15, 0.2) is 0 Å². The fourth-order valence-electron chi connectivity index (χ4n) is 2.36. The molecule has 4 nitrogen and oxygen atoms in total. The van der Waals surface area contributed by atoms with Crippen molar-refractivity contribution in [2.24, 2.45) is 11.3 Å². The van der Waals surface area contributed by atoms with Gasteiger partial charge in [-0.1, -0.05) is 6.92 Å². The Morgan fingerprint density at radius 1 is 1.53 bits per heavy atom. The van der Waals surface area contributed by atoms with Crippen LogP contribution in [0.15, 0.2) is 0 Å². The van der Waals surface area contributed by atoms with E-state index in [0.29, 0.717) is 25.6 Å². The molecular formula is C11H20O4. The minimum Gasteiger partial charge on any atom is -0.481 e. The maximum absolute atomic E-state index is 11.2. The molecule has 0 aromatic carbocycles. The smallest absolute Gasteiger partial charge is 0.309 e. The summed E-state index contributed by atoms with van der Waals surface area (Å²) in [5, 5.41) is 17.8. The van der Waals surface area contributed by atoms with Crippen molar-refractivity contribution in [2.75, 3.05) is 19.8 Å². The van der Waals surface area contributed by atoms with Crippen LogP contribution in [0.2, 0.25) is 0 Å². The minimum absolute atomic E-state index is 0.00350. The highest BCUT2D eigenvalue weighted by Gasteiger charge is 2.43. The summed E-state index contributed by atoms with van der Waals surface area (Å²) in [7, 11) is 0. The van der Waals surface area contributed by atoms with Gasteiger partial charge >= 0.3 is 5.97 Å². The molecule has 88 valence electrons. The molecule has 0 aromatic rings. The normalized spacial score (nSPS) is 30.7. The van der Waals surface area contributed by atoms with Crippen LogP contribution in [-0.4, -0.2) is 36.0 Å². The molecule has 1 fully saturated rings. The van der Waals surface area contributed by atoms with Crippen LogP contribution in [0.1, 0.15) is 32.6 Å². The highest BCUT2D eigenvalue weighted by Crippen LogP contribution is 2.44. The lowest BCUT2D eigenvalue weighted by Crippen LogP contribution is -2.29. The molecule has 0 aromatic heterocycles. The Hall–Kier alpha value is -0.610. The number of aliphatic carboxylic acids is 1. The molecule has 0 amide bonds. The highest BCUT2D eigenvalue weighted by molar-refractivity contribution is 5.75. The first-order chi connectivity index (χ1) is 7.10. The van der Waals surface area contributed by atoms with E-state index in [0.717, 1.165) is 19.3 Å². The van der Waals surface area contributed by atoms with Gasteiger partial charge < -0.3 is 14.9 Å². The summed E-state index contributed by atoms with van der Waals surface area (Å²) >= 11 is 0. The zero-order chi connectivity index (χ0) is 11.3. The molecule has 2 N–H and O–H groups in total. The van der Waals surface area contributed by atoms with Crippen LogP contribution < -0.4 is 0 Å². The fourth-order valence-corrected chi connectivity index (χ4v) is 2.36. The van der Waals surface area contributed by atoms with Gasteiger partial charge in [-0.3, -0.25) is 4.79 Å². The van der Waals surface area contributed by atoms with Crippen LogP contribution in [0.4, 0.5) is 0 Å². The number of hydrogen-bond donors (Lipinski definition) is 2. The predicted octanol–water partition coefficient (Wildman–Crippen LogP) is 1.28. The van der Waals surface area contributed by atoms with Crippen LogP contribution in [0.5, 0.6) is 0 Å². The number of carboxylic acids is 1. The molecule has 1 aliphatic carbocycles. The summed E-state index contributed by atoms with van der Waals surface area (Å²) < 4.78 is 5.14. The van der Waals surface area contributed by atoms with E-state index in [1.807, 2.05) is 0 Å². The van der Waals surface area contributed by atoms with E-state index in [1.54, 1.807) is 0 Å². The van der Waals surface area contributed by atoms with E-state index >= 15 is 0 Å². The van der Waals surface area contributed by atoms with Gasteiger partial charge in [-0.15, -0.1) is 0 Å². The second-order valence-electron chi connectivity index (χ2n) is 4.52. The lowest BCUT2D eigenvalue weighted by molar-refractivity contribution is -0.150. The number of carbonyl (C=O) groups is 1. The Bertz CT molecular complexity index is 217. The van der Waals surface area contributed by atoms with E-state index in [4.69, 9.17) is 9.84 Å². The van der Waals surface area contributed by atoms with E-state index in [2.05, 4.69) is 6.92 Å². The largest absolute Gasteiger partial charge is 0.481 e. The van der Waals surface area contributed by atoms with Crippen molar-refractivity contribution in [2.45, 2.75) is 32.6 Å². The molecule has 4 heteroatoms. The summed E-state index contributed by atoms with van der Waals surface area (Å²) in [4.78, 5) is 11.2. The quantitative estimate of drug-likeness (QED) is 0.656. The van der Waals surface area contributed by atoms with Crippen molar-refractivity contribution in [3.05, 3.63) is 0 Å². The molecule has 0 bridgehead atoms. The summed E-state index contributed by atoms with van der Waals surface area (Å²) in [6, 6.07) is 0. The number of aliphatic hydroxyl groups excluding tert-OH is 1. The Balaban J connectivity index is 2.41. The van der Waals surface area contributed by atoms with Gasteiger partial charge in [-0.2, -0.15) is 0 Å². The predicted molar refractivity (Wildman–Crippen MR) is 55.6 cm³/mol. The van der Waals surface area contributed by atoms with Crippen molar-refractivity contribution < 1.29 is 19.7 Å². The first-order valence-electron chi connectivity index (χ1n) is 5.53. The van der Waals surface area contributed by atoms with E-state index in [-0.39, 0.29) is 6.61 Å². The Kier molecular flexibility index (Phi) is 4.54. The van der Waals surface area contributed by atoms with Crippen LogP contribution in [0.3, 0.4) is 0 Å². The van der Waals surface area contributed by atoms with Crippen LogP contribution >= 0.6 is 0 Å².